The van der Waals surface area contributed by atoms with Crippen LogP contribution in [0.2, 0.25) is 0 Å². The molecule has 184 valence electrons. The second kappa shape index (κ2) is 13.7. The number of hydrogen-bond acceptors (Lipinski definition) is 7. The third-order valence-corrected chi connectivity index (χ3v) is 5.52. The van der Waals surface area contributed by atoms with Crippen LogP contribution < -0.4 is 10.5 Å². The van der Waals surface area contributed by atoms with E-state index >= 15 is 0 Å². The largest absolute Gasteiger partial charge is 0.493 e. The van der Waals surface area contributed by atoms with Gasteiger partial charge in [-0.05, 0) is 45.2 Å². The van der Waals surface area contributed by atoms with Crippen molar-refractivity contribution < 1.29 is 19.1 Å². The van der Waals surface area contributed by atoms with E-state index in [0.29, 0.717) is 19.6 Å². The number of ether oxygens (including phenoxy) is 2. The van der Waals surface area contributed by atoms with Crippen molar-refractivity contribution >= 4 is 23.5 Å². The summed E-state index contributed by atoms with van der Waals surface area (Å²) in [6.07, 6.45) is 6.59. The van der Waals surface area contributed by atoms with E-state index in [4.69, 9.17) is 15.2 Å². The number of guanidine groups is 1. The van der Waals surface area contributed by atoms with Crippen LogP contribution in [0, 0.1) is 0 Å². The van der Waals surface area contributed by atoms with Gasteiger partial charge in [-0.25, -0.2) is 4.99 Å². The van der Waals surface area contributed by atoms with E-state index in [1.54, 1.807) is 4.90 Å². The number of esters is 1. The van der Waals surface area contributed by atoms with Gasteiger partial charge in [-0.2, -0.15) is 0 Å². The van der Waals surface area contributed by atoms with Gasteiger partial charge in [0.2, 0.25) is 5.91 Å². The predicted molar refractivity (Wildman–Crippen MR) is 130 cm³/mol. The Balaban J connectivity index is 1.80. The zero-order chi connectivity index (χ0) is 24.2. The lowest BCUT2D eigenvalue weighted by molar-refractivity contribution is -0.147. The lowest BCUT2D eigenvalue weighted by Gasteiger charge is -2.28. The number of aliphatic imine (C=N–C) groups is 1. The van der Waals surface area contributed by atoms with E-state index in [1.165, 1.54) is 19.3 Å². The van der Waals surface area contributed by atoms with Crippen molar-refractivity contribution in [1.82, 2.24) is 9.80 Å². The van der Waals surface area contributed by atoms with Crippen molar-refractivity contribution in [3.05, 3.63) is 23.8 Å². The van der Waals surface area contributed by atoms with Crippen molar-refractivity contribution in [2.45, 2.75) is 78.4 Å². The fourth-order valence-electron chi connectivity index (χ4n) is 3.66. The number of fused-ring (bicyclic) bond motifs is 1. The Labute approximate surface area is 198 Å². The molecule has 0 saturated heterocycles. The summed E-state index contributed by atoms with van der Waals surface area (Å²) in [4.78, 5) is 32.3. The molecule has 0 atom stereocenters. The maximum atomic E-state index is 12.3. The fourth-order valence-corrected chi connectivity index (χ4v) is 3.66. The van der Waals surface area contributed by atoms with E-state index in [0.717, 1.165) is 42.8 Å². The number of rotatable bonds is 14. The Bertz CT molecular complexity index is 810. The Morgan fingerprint density at radius 3 is 2.70 bits per heavy atom. The smallest absolute Gasteiger partial charge is 0.325 e. The highest BCUT2D eigenvalue weighted by atomic mass is 16.5. The zero-order valence-corrected chi connectivity index (χ0v) is 20.6. The summed E-state index contributed by atoms with van der Waals surface area (Å²) < 4.78 is 11.2. The van der Waals surface area contributed by atoms with Crippen LogP contribution in [0.15, 0.2) is 23.2 Å². The molecule has 0 spiro atoms. The molecule has 1 aliphatic heterocycles. The van der Waals surface area contributed by atoms with Crippen LogP contribution in [0.1, 0.15) is 71.3 Å². The summed E-state index contributed by atoms with van der Waals surface area (Å²) in [6, 6.07) is 5.66. The van der Waals surface area contributed by atoms with Gasteiger partial charge in [0.15, 0.2) is 5.96 Å². The molecule has 0 unspecified atom stereocenters. The minimum Gasteiger partial charge on any atom is -0.493 e. The molecule has 1 heterocycles. The van der Waals surface area contributed by atoms with E-state index in [2.05, 4.69) is 11.9 Å². The molecule has 1 amide bonds. The highest BCUT2D eigenvalue weighted by molar-refractivity contribution is 5.87. The molecular weight excluding hydrogens is 420 g/mol. The van der Waals surface area contributed by atoms with Gasteiger partial charge in [0, 0.05) is 25.6 Å². The van der Waals surface area contributed by atoms with Crippen LogP contribution in [0.4, 0.5) is 5.69 Å². The minimum absolute atomic E-state index is 0.0371. The third kappa shape index (κ3) is 8.94. The van der Waals surface area contributed by atoms with Crippen molar-refractivity contribution in [2.75, 3.05) is 26.7 Å². The van der Waals surface area contributed by atoms with Gasteiger partial charge < -0.3 is 25.0 Å². The Hall–Kier alpha value is -2.77. The molecule has 0 bridgehead atoms. The van der Waals surface area contributed by atoms with Crippen LogP contribution in [0.25, 0.3) is 0 Å². The number of amides is 1. The van der Waals surface area contributed by atoms with Gasteiger partial charge in [0.1, 0.15) is 12.3 Å². The van der Waals surface area contributed by atoms with Gasteiger partial charge >= 0.3 is 5.97 Å². The van der Waals surface area contributed by atoms with Gasteiger partial charge in [-0.3, -0.25) is 9.59 Å². The average Bonchev–Trinajstić information content (AvgIpc) is 2.76. The minimum atomic E-state index is -0.343. The highest BCUT2D eigenvalue weighted by Gasteiger charge is 2.23. The summed E-state index contributed by atoms with van der Waals surface area (Å²) in [5.74, 6) is 0.866. The first-order chi connectivity index (χ1) is 15.8. The molecule has 33 heavy (non-hydrogen) atoms. The number of nitrogens with zero attached hydrogens (tertiary/aromatic N) is 3. The van der Waals surface area contributed by atoms with Crippen LogP contribution >= 0.6 is 0 Å². The van der Waals surface area contributed by atoms with Crippen LogP contribution in [-0.4, -0.2) is 60.5 Å². The topological polar surface area (TPSA) is 97.5 Å². The maximum Gasteiger partial charge on any atom is 0.325 e. The lowest BCUT2D eigenvalue weighted by Crippen LogP contribution is -2.42. The van der Waals surface area contributed by atoms with Gasteiger partial charge in [0.25, 0.3) is 0 Å². The molecule has 0 aromatic heterocycles. The molecule has 0 radical (unpaired) electrons. The molecule has 1 aromatic rings. The number of carbonyl (C=O) groups excluding carboxylic acids is 2. The van der Waals surface area contributed by atoms with E-state index in [9.17, 15) is 9.59 Å². The Kier molecular flexibility index (Phi) is 11.0. The van der Waals surface area contributed by atoms with E-state index < -0.39 is 0 Å². The molecule has 8 heteroatoms. The van der Waals surface area contributed by atoms with E-state index in [1.807, 2.05) is 44.0 Å². The summed E-state index contributed by atoms with van der Waals surface area (Å²) >= 11 is 0. The second-order valence-electron chi connectivity index (χ2n) is 8.80. The molecule has 2 rings (SSSR count). The zero-order valence-electron chi connectivity index (χ0n) is 20.6. The monoisotopic (exact) mass is 460 g/mol. The molecular formula is C25H40N4O4. The molecule has 1 aliphatic rings. The fraction of sp³-hybridized carbons (Fsp3) is 0.640. The van der Waals surface area contributed by atoms with Crippen LogP contribution in [-0.2, 0) is 20.9 Å². The van der Waals surface area contributed by atoms with Crippen molar-refractivity contribution in [2.24, 2.45) is 10.7 Å². The normalized spacial score (nSPS) is 12.9. The number of carbonyl (C=O) groups is 2. The Morgan fingerprint density at radius 2 is 1.97 bits per heavy atom. The van der Waals surface area contributed by atoms with Crippen molar-refractivity contribution in [3.8, 4) is 5.75 Å². The standard InChI is InChI=1S/C25H40N4O4/c1-5-6-7-9-15-28(4)23(30)14-8-10-16-32-22-13-11-12-21-20(22)17-29(25(26)27-21)18-24(31)33-19(2)3/h11-13,19H,5-10,14-18H2,1-4H3,(H2,26,27). The summed E-state index contributed by atoms with van der Waals surface area (Å²) in [5, 5.41) is 0. The molecule has 2 N–H and O–H groups in total. The van der Waals surface area contributed by atoms with Gasteiger partial charge in [0.05, 0.1) is 24.9 Å². The number of benzene rings is 1. The Morgan fingerprint density at radius 1 is 1.18 bits per heavy atom. The number of hydrogen-bond donors (Lipinski definition) is 1. The third-order valence-electron chi connectivity index (χ3n) is 5.52. The molecule has 1 aromatic carbocycles. The summed E-state index contributed by atoms with van der Waals surface area (Å²) in [6.45, 7) is 7.61. The summed E-state index contributed by atoms with van der Waals surface area (Å²) in [5.41, 5.74) is 7.70. The number of unbranched alkanes of at least 4 members (excludes halogenated alkanes) is 4. The van der Waals surface area contributed by atoms with Crippen molar-refractivity contribution in [1.29, 1.82) is 0 Å². The quantitative estimate of drug-likeness (QED) is 0.333. The first-order valence-corrected chi connectivity index (χ1v) is 12.1. The lowest BCUT2D eigenvalue weighted by atomic mass is 10.1. The number of nitrogens with two attached hydrogens (primary N) is 1. The van der Waals surface area contributed by atoms with Gasteiger partial charge in [-0.15, -0.1) is 0 Å². The first kappa shape index (κ1) is 26.5. The molecule has 0 fully saturated rings. The second-order valence-corrected chi connectivity index (χ2v) is 8.80. The SMILES string of the molecule is CCCCCCN(C)C(=O)CCCCOc1cccc2c1CN(CC(=O)OC(C)C)C(N)=N2. The molecule has 0 aliphatic carbocycles. The van der Waals surface area contributed by atoms with Gasteiger partial charge in [-0.1, -0.05) is 32.3 Å². The van der Waals surface area contributed by atoms with Crippen molar-refractivity contribution in [3.63, 3.8) is 0 Å². The summed E-state index contributed by atoms with van der Waals surface area (Å²) in [7, 11) is 1.88. The van der Waals surface area contributed by atoms with Crippen LogP contribution in [0.3, 0.4) is 0 Å². The maximum absolute atomic E-state index is 12.3. The predicted octanol–water partition coefficient (Wildman–Crippen LogP) is 3.99. The molecule has 0 saturated carbocycles. The van der Waals surface area contributed by atoms with Crippen LogP contribution in [0.5, 0.6) is 5.75 Å². The average molecular weight is 461 g/mol. The van der Waals surface area contributed by atoms with E-state index in [-0.39, 0.29) is 30.5 Å². The first-order valence-electron chi connectivity index (χ1n) is 12.1. The molecule has 8 nitrogen and oxygen atoms in total. The highest BCUT2D eigenvalue weighted by Crippen LogP contribution is 2.33.